The van der Waals surface area contributed by atoms with Gasteiger partial charge in [0.05, 0.1) is 12.5 Å². The molecule has 0 saturated heterocycles. The molecule has 0 amide bonds. The van der Waals surface area contributed by atoms with E-state index in [9.17, 15) is 4.79 Å². The number of aromatic amines is 1. The summed E-state index contributed by atoms with van der Waals surface area (Å²) >= 11 is 1.58. The predicted octanol–water partition coefficient (Wildman–Crippen LogP) is 3.54. The fraction of sp³-hybridized carbons (Fsp3) is 0.188. The molecule has 0 saturated carbocycles. The molecule has 3 aromatic rings. The topological polar surface area (TPSA) is 65.1 Å². The van der Waals surface area contributed by atoms with Crippen LogP contribution in [0.3, 0.4) is 0 Å². The molecular formula is C16H16N2O2S. The van der Waals surface area contributed by atoms with Gasteiger partial charge in [-0.1, -0.05) is 18.2 Å². The van der Waals surface area contributed by atoms with E-state index < -0.39 is 5.97 Å². The molecule has 108 valence electrons. The molecule has 0 aliphatic rings. The summed E-state index contributed by atoms with van der Waals surface area (Å²) in [6.45, 7) is 0.644. The summed E-state index contributed by atoms with van der Waals surface area (Å²) in [6, 6.07) is 12.0. The molecule has 5 heteroatoms. The van der Waals surface area contributed by atoms with E-state index in [2.05, 4.69) is 28.5 Å². The number of hydrogen-bond donors (Lipinski definition) is 3. The zero-order valence-electron chi connectivity index (χ0n) is 11.4. The first kappa shape index (κ1) is 13.9. The van der Waals surface area contributed by atoms with Gasteiger partial charge in [0.1, 0.15) is 0 Å². The van der Waals surface area contributed by atoms with Crippen molar-refractivity contribution >= 4 is 28.2 Å². The summed E-state index contributed by atoms with van der Waals surface area (Å²) in [5.74, 6) is -0.791. The maximum absolute atomic E-state index is 11.0. The van der Waals surface area contributed by atoms with Gasteiger partial charge in [-0.3, -0.25) is 4.79 Å². The molecular weight excluding hydrogens is 284 g/mol. The number of carbonyl (C=O) groups is 1. The Kier molecular flexibility index (Phi) is 4.03. The van der Waals surface area contributed by atoms with E-state index in [4.69, 9.17) is 5.11 Å². The molecule has 0 fully saturated rings. The maximum atomic E-state index is 11.0. The van der Waals surface area contributed by atoms with Crippen molar-refractivity contribution in [2.24, 2.45) is 0 Å². The molecule has 1 aromatic carbocycles. The number of carboxylic acid groups (broad SMARTS) is 1. The molecule has 0 spiro atoms. The van der Waals surface area contributed by atoms with Crippen molar-refractivity contribution in [1.29, 1.82) is 0 Å². The van der Waals surface area contributed by atoms with Crippen molar-refractivity contribution in [3.05, 3.63) is 58.4 Å². The van der Waals surface area contributed by atoms with Crippen LogP contribution in [-0.2, 0) is 11.3 Å². The molecule has 3 rings (SSSR count). The molecule has 21 heavy (non-hydrogen) atoms. The first-order valence-corrected chi connectivity index (χ1v) is 7.65. The predicted molar refractivity (Wildman–Crippen MR) is 84.5 cm³/mol. The number of benzene rings is 1. The van der Waals surface area contributed by atoms with Crippen LogP contribution in [-0.4, -0.2) is 16.1 Å². The van der Waals surface area contributed by atoms with Crippen LogP contribution in [0.15, 0.2) is 48.0 Å². The van der Waals surface area contributed by atoms with Crippen LogP contribution in [0.4, 0.5) is 0 Å². The fourth-order valence-corrected chi connectivity index (χ4v) is 3.19. The monoisotopic (exact) mass is 300 g/mol. The molecule has 2 aromatic heterocycles. The minimum Gasteiger partial charge on any atom is -0.481 e. The SMILES string of the molecule is O=C(O)CC(NCc1ccc2cc[nH]c2c1)c1cccs1. The summed E-state index contributed by atoms with van der Waals surface area (Å²) in [5, 5.41) is 15.5. The van der Waals surface area contributed by atoms with Gasteiger partial charge in [-0.05, 0) is 34.5 Å². The summed E-state index contributed by atoms with van der Waals surface area (Å²) in [4.78, 5) is 15.3. The van der Waals surface area contributed by atoms with Crippen molar-refractivity contribution < 1.29 is 9.90 Å². The molecule has 0 aliphatic heterocycles. The van der Waals surface area contributed by atoms with Crippen molar-refractivity contribution in [1.82, 2.24) is 10.3 Å². The third-order valence-corrected chi connectivity index (χ3v) is 4.42. The summed E-state index contributed by atoms with van der Waals surface area (Å²) < 4.78 is 0. The molecule has 1 atom stereocenters. The highest BCUT2D eigenvalue weighted by Crippen LogP contribution is 2.23. The third kappa shape index (κ3) is 3.32. The smallest absolute Gasteiger partial charge is 0.305 e. The minimum atomic E-state index is -0.791. The van der Waals surface area contributed by atoms with Gasteiger partial charge < -0.3 is 15.4 Å². The lowest BCUT2D eigenvalue weighted by Crippen LogP contribution is -2.22. The van der Waals surface area contributed by atoms with E-state index in [0.29, 0.717) is 6.54 Å². The second-order valence-electron chi connectivity index (χ2n) is 4.95. The number of aliphatic carboxylic acids is 1. The average Bonchev–Trinajstić information content (AvgIpc) is 3.13. The number of fused-ring (bicyclic) bond motifs is 1. The Labute approximate surface area is 126 Å². The van der Waals surface area contributed by atoms with Crippen LogP contribution in [0, 0.1) is 0 Å². The lowest BCUT2D eigenvalue weighted by molar-refractivity contribution is -0.137. The number of nitrogens with one attached hydrogen (secondary N) is 2. The maximum Gasteiger partial charge on any atom is 0.305 e. The number of thiophene rings is 1. The van der Waals surface area contributed by atoms with E-state index >= 15 is 0 Å². The molecule has 1 unspecified atom stereocenters. The summed E-state index contributed by atoms with van der Waals surface area (Å²) in [7, 11) is 0. The van der Waals surface area contributed by atoms with E-state index in [1.54, 1.807) is 11.3 Å². The highest BCUT2D eigenvalue weighted by molar-refractivity contribution is 7.10. The Morgan fingerprint density at radius 3 is 3.00 bits per heavy atom. The Balaban J connectivity index is 1.72. The Hall–Kier alpha value is -2.11. The van der Waals surface area contributed by atoms with E-state index in [1.807, 2.05) is 29.8 Å². The number of H-pyrrole nitrogens is 1. The zero-order valence-corrected chi connectivity index (χ0v) is 12.2. The van der Waals surface area contributed by atoms with Crippen molar-refractivity contribution in [2.75, 3.05) is 0 Å². The van der Waals surface area contributed by atoms with Crippen LogP contribution < -0.4 is 5.32 Å². The van der Waals surface area contributed by atoms with Crippen molar-refractivity contribution in [3.63, 3.8) is 0 Å². The zero-order chi connectivity index (χ0) is 14.7. The van der Waals surface area contributed by atoms with E-state index in [0.717, 1.165) is 16.0 Å². The number of hydrogen-bond acceptors (Lipinski definition) is 3. The first-order chi connectivity index (χ1) is 10.2. The van der Waals surface area contributed by atoms with Crippen LogP contribution in [0.2, 0.25) is 0 Å². The van der Waals surface area contributed by atoms with Gasteiger partial charge in [-0.25, -0.2) is 0 Å². The second kappa shape index (κ2) is 6.11. The van der Waals surface area contributed by atoms with Crippen LogP contribution in [0.25, 0.3) is 10.9 Å². The van der Waals surface area contributed by atoms with E-state index in [-0.39, 0.29) is 12.5 Å². The molecule has 2 heterocycles. The number of rotatable bonds is 6. The minimum absolute atomic E-state index is 0.0886. The van der Waals surface area contributed by atoms with Gasteiger partial charge in [0.15, 0.2) is 0 Å². The molecule has 0 aliphatic carbocycles. The van der Waals surface area contributed by atoms with Crippen molar-refractivity contribution in [3.8, 4) is 0 Å². The fourth-order valence-electron chi connectivity index (χ4n) is 2.38. The standard InChI is InChI=1S/C16H16N2O2S/c19-16(20)9-14(15-2-1-7-21-15)18-10-11-3-4-12-5-6-17-13(12)8-11/h1-8,14,17-18H,9-10H2,(H,19,20). The quantitative estimate of drug-likeness (QED) is 0.652. The molecule has 4 nitrogen and oxygen atoms in total. The van der Waals surface area contributed by atoms with Gasteiger partial charge in [0, 0.05) is 23.1 Å². The van der Waals surface area contributed by atoms with Crippen LogP contribution in [0.1, 0.15) is 22.9 Å². The van der Waals surface area contributed by atoms with Gasteiger partial charge in [0.2, 0.25) is 0 Å². The lowest BCUT2D eigenvalue weighted by Gasteiger charge is -2.15. The third-order valence-electron chi connectivity index (χ3n) is 3.44. The second-order valence-corrected chi connectivity index (χ2v) is 5.93. The number of aromatic nitrogens is 1. The highest BCUT2D eigenvalue weighted by atomic mass is 32.1. The molecule has 3 N–H and O–H groups in total. The van der Waals surface area contributed by atoms with Gasteiger partial charge >= 0.3 is 5.97 Å². The molecule has 0 radical (unpaired) electrons. The van der Waals surface area contributed by atoms with Gasteiger partial charge in [-0.2, -0.15) is 0 Å². The van der Waals surface area contributed by atoms with Crippen LogP contribution in [0.5, 0.6) is 0 Å². The van der Waals surface area contributed by atoms with Gasteiger partial charge in [0.25, 0.3) is 0 Å². The molecule has 0 bridgehead atoms. The van der Waals surface area contributed by atoms with Crippen molar-refractivity contribution in [2.45, 2.75) is 19.0 Å². The summed E-state index contributed by atoms with van der Waals surface area (Å²) in [5.41, 5.74) is 2.23. The average molecular weight is 300 g/mol. The van der Waals surface area contributed by atoms with Gasteiger partial charge in [-0.15, -0.1) is 11.3 Å². The lowest BCUT2D eigenvalue weighted by atomic mass is 10.1. The first-order valence-electron chi connectivity index (χ1n) is 6.77. The Morgan fingerprint density at radius 2 is 2.24 bits per heavy atom. The normalized spacial score (nSPS) is 12.6. The Bertz CT molecular complexity index is 734. The number of carboxylic acids is 1. The van der Waals surface area contributed by atoms with Crippen LogP contribution >= 0.6 is 11.3 Å². The Morgan fingerprint density at radius 1 is 1.33 bits per heavy atom. The summed E-state index contributed by atoms with van der Waals surface area (Å²) in [6.07, 6.45) is 2.01. The van der Waals surface area contributed by atoms with E-state index in [1.165, 1.54) is 5.39 Å². The largest absolute Gasteiger partial charge is 0.481 e. The highest BCUT2D eigenvalue weighted by Gasteiger charge is 2.16.